The molecule has 3 aromatic rings. The SMILES string of the molecule is Cc1cccc2c1N(C)/C(=C/c1cc[n+](C)c3ccccc13)S2.[I-]. The van der Waals surface area contributed by atoms with E-state index >= 15 is 0 Å². The Labute approximate surface area is 164 Å². The van der Waals surface area contributed by atoms with Gasteiger partial charge in [0.05, 0.1) is 16.1 Å². The van der Waals surface area contributed by atoms with Gasteiger partial charge in [-0.3, -0.25) is 0 Å². The lowest BCUT2D eigenvalue weighted by Gasteiger charge is -2.15. The van der Waals surface area contributed by atoms with Gasteiger partial charge in [-0.1, -0.05) is 36.0 Å². The third-order valence-corrected chi connectivity index (χ3v) is 5.58. The summed E-state index contributed by atoms with van der Waals surface area (Å²) in [6, 6.07) is 17.3. The maximum Gasteiger partial charge on any atom is 0.212 e. The number of anilines is 1. The van der Waals surface area contributed by atoms with Gasteiger partial charge in [0.15, 0.2) is 6.20 Å². The van der Waals surface area contributed by atoms with Crippen LogP contribution in [0.5, 0.6) is 0 Å². The molecule has 0 spiro atoms. The molecule has 0 fully saturated rings. The zero-order valence-corrected chi connectivity index (χ0v) is 16.9. The highest BCUT2D eigenvalue weighted by molar-refractivity contribution is 8.03. The Kier molecular flexibility index (Phi) is 4.88. The highest BCUT2D eigenvalue weighted by Gasteiger charge is 2.23. The molecular weight excluding hydrogens is 427 g/mol. The zero-order chi connectivity index (χ0) is 16.0. The van der Waals surface area contributed by atoms with Gasteiger partial charge in [-0.2, -0.15) is 0 Å². The molecule has 2 nitrogen and oxygen atoms in total. The summed E-state index contributed by atoms with van der Waals surface area (Å²) in [5.41, 5.74) is 5.17. The normalized spacial score (nSPS) is 14.8. The summed E-state index contributed by atoms with van der Waals surface area (Å²) in [6.07, 6.45) is 4.43. The van der Waals surface area contributed by atoms with E-state index in [0.717, 1.165) is 0 Å². The van der Waals surface area contributed by atoms with Gasteiger partial charge in [0.1, 0.15) is 7.05 Å². The van der Waals surface area contributed by atoms with Crippen LogP contribution in [-0.4, -0.2) is 7.05 Å². The molecule has 2 heterocycles. The first-order chi connectivity index (χ1) is 11.1. The summed E-state index contributed by atoms with van der Waals surface area (Å²) in [5, 5.41) is 2.56. The lowest BCUT2D eigenvalue weighted by atomic mass is 10.1. The maximum atomic E-state index is 2.30. The van der Waals surface area contributed by atoms with Crippen molar-refractivity contribution in [3.63, 3.8) is 0 Å². The van der Waals surface area contributed by atoms with E-state index in [9.17, 15) is 0 Å². The second kappa shape index (κ2) is 6.76. The number of hydrogen-bond acceptors (Lipinski definition) is 2. The van der Waals surface area contributed by atoms with Crippen molar-refractivity contribution in [3.05, 3.63) is 70.9 Å². The molecule has 1 aliphatic rings. The lowest BCUT2D eigenvalue weighted by molar-refractivity contribution is -0.644. The molecule has 0 atom stereocenters. The van der Waals surface area contributed by atoms with Crippen molar-refractivity contribution >= 4 is 34.4 Å². The quantitative estimate of drug-likeness (QED) is 0.414. The monoisotopic (exact) mass is 446 g/mol. The van der Waals surface area contributed by atoms with Gasteiger partial charge in [0, 0.05) is 24.1 Å². The van der Waals surface area contributed by atoms with E-state index in [-0.39, 0.29) is 24.0 Å². The number of aryl methyl sites for hydroxylation is 2. The third kappa shape index (κ3) is 2.82. The number of para-hydroxylation sites is 2. The Morgan fingerprint density at radius 1 is 1.04 bits per heavy atom. The first-order valence-electron chi connectivity index (χ1n) is 7.75. The highest BCUT2D eigenvalue weighted by Crippen LogP contribution is 2.47. The van der Waals surface area contributed by atoms with Crippen LogP contribution in [0.3, 0.4) is 0 Å². The van der Waals surface area contributed by atoms with Crippen molar-refractivity contribution < 1.29 is 28.5 Å². The molecule has 0 radical (unpaired) electrons. The largest absolute Gasteiger partial charge is 1.00 e. The minimum absolute atomic E-state index is 0. The average molecular weight is 446 g/mol. The van der Waals surface area contributed by atoms with Crippen LogP contribution in [0.4, 0.5) is 5.69 Å². The van der Waals surface area contributed by atoms with Crippen molar-refractivity contribution in [2.75, 3.05) is 11.9 Å². The summed E-state index contributed by atoms with van der Waals surface area (Å²) >= 11 is 1.85. The van der Waals surface area contributed by atoms with Crippen LogP contribution in [0.1, 0.15) is 11.1 Å². The second-order valence-corrected chi connectivity index (χ2v) is 7.03. The van der Waals surface area contributed by atoms with Crippen LogP contribution in [0, 0.1) is 6.92 Å². The molecule has 1 aromatic heterocycles. The van der Waals surface area contributed by atoms with Crippen molar-refractivity contribution in [2.45, 2.75) is 11.8 Å². The number of pyridine rings is 1. The van der Waals surface area contributed by atoms with Crippen LogP contribution in [0.2, 0.25) is 0 Å². The van der Waals surface area contributed by atoms with E-state index in [1.165, 1.54) is 37.6 Å². The van der Waals surface area contributed by atoms with E-state index in [0.29, 0.717) is 0 Å². The number of hydrogen-bond donors (Lipinski definition) is 0. The molecule has 0 bridgehead atoms. The minimum Gasteiger partial charge on any atom is -1.00 e. The molecule has 4 heteroatoms. The number of benzene rings is 2. The molecule has 0 saturated carbocycles. The third-order valence-electron chi connectivity index (χ3n) is 4.43. The second-order valence-electron chi connectivity index (χ2n) is 5.96. The number of fused-ring (bicyclic) bond motifs is 2. The van der Waals surface area contributed by atoms with E-state index in [2.05, 4.69) is 91.3 Å². The predicted octanol–water partition coefficient (Wildman–Crippen LogP) is 1.52. The molecule has 0 N–H and O–H groups in total. The average Bonchev–Trinajstić information content (AvgIpc) is 2.88. The Balaban J connectivity index is 0.00000169. The van der Waals surface area contributed by atoms with Crippen LogP contribution in [-0.2, 0) is 7.05 Å². The molecule has 0 unspecified atom stereocenters. The molecule has 24 heavy (non-hydrogen) atoms. The minimum atomic E-state index is 0. The van der Waals surface area contributed by atoms with Crippen LogP contribution in [0.15, 0.2) is 64.7 Å². The summed E-state index contributed by atoms with van der Waals surface area (Å²) in [6.45, 7) is 2.18. The lowest BCUT2D eigenvalue weighted by Crippen LogP contribution is -3.00. The number of aromatic nitrogens is 1. The van der Waals surface area contributed by atoms with Crippen molar-refractivity contribution in [2.24, 2.45) is 7.05 Å². The number of thioether (sulfide) groups is 1. The van der Waals surface area contributed by atoms with Crippen LogP contribution >= 0.6 is 11.8 Å². The molecule has 2 aromatic carbocycles. The van der Waals surface area contributed by atoms with Gasteiger partial charge in [-0.15, -0.1) is 0 Å². The smallest absolute Gasteiger partial charge is 0.212 e. The Morgan fingerprint density at radius 2 is 1.83 bits per heavy atom. The molecule has 1 aliphatic heterocycles. The first kappa shape index (κ1) is 17.3. The molecule has 0 amide bonds. The standard InChI is InChI=1S/C20H19N2S.HI/c1-14-7-6-10-18-20(14)22(3)19(23-18)13-15-11-12-21(2)17-9-5-4-8-16(15)17;/h4-13H,1-3H3;1H/q+1;/p-1. The van der Waals surface area contributed by atoms with E-state index in [1.807, 2.05) is 11.8 Å². The topological polar surface area (TPSA) is 7.12 Å². The highest BCUT2D eigenvalue weighted by atomic mass is 127. The van der Waals surface area contributed by atoms with Gasteiger partial charge in [0.25, 0.3) is 0 Å². The summed E-state index contributed by atoms with van der Waals surface area (Å²) in [4.78, 5) is 3.64. The predicted molar refractivity (Wildman–Crippen MR) is 98.5 cm³/mol. The zero-order valence-electron chi connectivity index (χ0n) is 14.0. The van der Waals surface area contributed by atoms with Crippen LogP contribution in [0.25, 0.3) is 17.0 Å². The summed E-state index contributed by atoms with van der Waals surface area (Å²) in [5.74, 6) is 0. The van der Waals surface area contributed by atoms with E-state index in [1.54, 1.807) is 0 Å². The van der Waals surface area contributed by atoms with E-state index < -0.39 is 0 Å². The molecule has 0 aliphatic carbocycles. The van der Waals surface area contributed by atoms with Gasteiger partial charge in [0.2, 0.25) is 5.52 Å². The molecule has 0 saturated heterocycles. The molecular formula is C20H19IN2S. The molecule has 4 rings (SSSR count). The molecule has 122 valence electrons. The fraction of sp³-hybridized carbons (Fsp3) is 0.150. The number of rotatable bonds is 1. The van der Waals surface area contributed by atoms with Gasteiger partial charge in [-0.25, -0.2) is 4.57 Å². The van der Waals surface area contributed by atoms with Crippen molar-refractivity contribution in [1.29, 1.82) is 0 Å². The van der Waals surface area contributed by atoms with Crippen molar-refractivity contribution in [3.8, 4) is 0 Å². The maximum absolute atomic E-state index is 2.30. The summed E-state index contributed by atoms with van der Waals surface area (Å²) < 4.78 is 2.17. The van der Waals surface area contributed by atoms with Crippen molar-refractivity contribution in [1.82, 2.24) is 0 Å². The van der Waals surface area contributed by atoms with Gasteiger partial charge >= 0.3 is 0 Å². The van der Waals surface area contributed by atoms with Gasteiger partial charge < -0.3 is 28.9 Å². The van der Waals surface area contributed by atoms with E-state index in [4.69, 9.17) is 0 Å². The number of halogens is 1. The van der Waals surface area contributed by atoms with Gasteiger partial charge in [-0.05, 0) is 36.3 Å². The fourth-order valence-corrected chi connectivity index (χ4v) is 4.39. The fourth-order valence-electron chi connectivity index (χ4n) is 3.21. The summed E-state index contributed by atoms with van der Waals surface area (Å²) in [7, 11) is 4.25. The number of nitrogens with zero attached hydrogens (tertiary/aromatic N) is 2. The Hall–Kier alpha value is -1.53. The Morgan fingerprint density at radius 3 is 2.62 bits per heavy atom. The Bertz CT molecular complexity index is 950. The first-order valence-corrected chi connectivity index (χ1v) is 8.57. The van der Waals surface area contributed by atoms with Crippen LogP contribution < -0.4 is 33.4 Å².